The molecule has 3 aromatic rings. The molecule has 0 saturated carbocycles. The molecule has 0 fully saturated rings. The number of rotatable bonds is 3. The molecule has 0 saturated heterocycles. The topological polar surface area (TPSA) is 24.9 Å². The highest BCUT2D eigenvalue weighted by molar-refractivity contribution is 7.11. The Morgan fingerprint density at radius 1 is 1.06 bits per heavy atom. The van der Waals surface area contributed by atoms with Gasteiger partial charge in [-0.25, -0.2) is 4.39 Å². The van der Waals surface area contributed by atoms with Gasteiger partial charge in [0.2, 0.25) is 0 Å². The SMILES string of the molecule is Fc1ccccc1CNc1snc2ccccc12. The number of anilines is 1. The first-order chi connectivity index (χ1) is 8.84. The Balaban J connectivity index is 1.83. The molecule has 0 unspecified atom stereocenters. The molecule has 1 N–H and O–H groups in total. The van der Waals surface area contributed by atoms with Gasteiger partial charge in [-0.05, 0) is 29.7 Å². The van der Waals surface area contributed by atoms with Crippen molar-refractivity contribution in [3.05, 3.63) is 59.9 Å². The van der Waals surface area contributed by atoms with Gasteiger partial charge < -0.3 is 5.32 Å². The van der Waals surface area contributed by atoms with E-state index in [9.17, 15) is 4.39 Å². The van der Waals surface area contributed by atoms with E-state index in [4.69, 9.17) is 0 Å². The zero-order valence-electron chi connectivity index (χ0n) is 9.56. The Hall–Kier alpha value is -1.94. The van der Waals surface area contributed by atoms with E-state index in [1.165, 1.54) is 17.6 Å². The number of fused-ring (bicyclic) bond motifs is 1. The maximum Gasteiger partial charge on any atom is 0.128 e. The summed E-state index contributed by atoms with van der Waals surface area (Å²) in [5.41, 5.74) is 1.63. The molecule has 3 rings (SSSR count). The van der Waals surface area contributed by atoms with E-state index < -0.39 is 0 Å². The summed E-state index contributed by atoms with van der Waals surface area (Å²) in [5, 5.41) is 5.30. The van der Waals surface area contributed by atoms with Crippen LogP contribution in [0.2, 0.25) is 0 Å². The Kier molecular flexibility index (Phi) is 2.94. The van der Waals surface area contributed by atoms with Crippen LogP contribution < -0.4 is 5.32 Å². The third kappa shape index (κ3) is 2.07. The normalized spacial score (nSPS) is 10.7. The van der Waals surface area contributed by atoms with Crippen molar-refractivity contribution in [1.29, 1.82) is 0 Å². The van der Waals surface area contributed by atoms with Crippen molar-refractivity contribution < 1.29 is 4.39 Å². The third-order valence-electron chi connectivity index (χ3n) is 2.78. The van der Waals surface area contributed by atoms with Gasteiger partial charge in [0.1, 0.15) is 10.8 Å². The third-order valence-corrected chi connectivity index (χ3v) is 3.62. The average molecular weight is 258 g/mol. The van der Waals surface area contributed by atoms with Gasteiger partial charge in [-0.2, -0.15) is 4.37 Å². The zero-order chi connectivity index (χ0) is 12.4. The summed E-state index contributed by atoms with van der Waals surface area (Å²) in [6, 6.07) is 14.7. The van der Waals surface area contributed by atoms with Crippen LogP contribution in [0.1, 0.15) is 5.56 Å². The van der Waals surface area contributed by atoms with Crippen molar-refractivity contribution in [2.24, 2.45) is 0 Å². The fourth-order valence-corrected chi connectivity index (χ4v) is 2.59. The van der Waals surface area contributed by atoms with Gasteiger partial charge in [0.05, 0.1) is 5.52 Å². The van der Waals surface area contributed by atoms with Crippen LogP contribution in [0.3, 0.4) is 0 Å². The van der Waals surface area contributed by atoms with E-state index in [2.05, 4.69) is 9.69 Å². The standard InChI is InChI=1S/C14H11FN2S/c15-12-7-3-1-5-10(12)9-16-14-11-6-2-4-8-13(11)17-18-14/h1-8,16H,9H2. The molecule has 0 aliphatic heterocycles. The van der Waals surface area contributed by atoms with Crippen LogP contribution in [0.15, 0.2) is 48.5 Å². The molecule has 0 spiro atoms. The van der Waals surface area contributed by atoms with Gasteiger partial charge in [0.15, 0.2) is 0 Å². The van der Waals surface area contributed by atoms with Gasteiger partial charge in [0.25, 0.3) is 0 Å². The second kappa shape index (κ2) is 4.74. The lowest BCUT2D eigenvalue weighted by Gasteiger charge is -2.05. The van der Waals surface area contributed by atoms with Gasteiger partial charge in [-0.1, -0.05) is 30.3 Å². The summed E-state index contributed by atoms with van der Waals surface area (Å²) < 4.78 is 17.8. The Labute approximate surface area is 108 Å². The fraction of sp³-hybridized carbons (Fsp3) is 0.0714. The predicted molar refractivity (Wildman–Crippen MR) is 73.3 cm³/mol. The largest absolute Gasteiger partial charge is 0.371 e. The van der Waals surface area contributed by atoms with Crippen molar-refractivity contribution in [1.82, 2.24) is 4.37 Å². The molecule has 2 aromatic carbocycles. The second-order valence-corrected chi connectivity index (χ2v) is 4.75. The Bertz CT molecular complexity index is 678. The molecule has 90 valence electrons. The van der Waals surface area contributed by atoms with Gasteiger partial charge in [-0.3, -0.25) is 0 Å². The van der Waals surface area contributed by atoms with Gasteiger partial charge in [-0.15, -0.1) is 0 Å². The monoisotopic (exact) mass is 258 g/mol. The average Bonchev–Trinajstić information content (AvgIpc) is 2.81. The Morgan fingerprint density at radius 2 is 1.83 bits per heavy atom. The van der Waals surface area contributed by atoms with Crippen LogP contribution in [0.25, 0.3) is 10.9 Å². The van der Waals surface area contributed by atoms with Crippen LogP contribution in [-0.2, 0) is 6.54 Å². The molecule has 1 heterocycles. The van der Waals surface area contributed by atoms with E-state index in [-0.39, 0.29) is 5.82 Å². The number of nitrogens with one attached hydrogen (secondary N) is 1. The summed E-state index contributed by atoms with van der Waals surface area (Å²) >= 11 is 1.40. The lowest BCUT2D eigenvalue weighted by atomic mass is 10.2. The molecule has 2 nitrogen and oxygen atoms in total. The van der Waals surface area contributed by atoms with E-state index in [0.29, 0.717) is 12.1 Å². The van der Waals surface area contributed by atoms with Crippen molar-refractivity contribution in [3.63, 3.8) is 0 Å². The maximum atomic E-state index is 13.5. The molecule has 1 aromatic heterocycles. The lowest BCUT2D eigenvalue weighted by molar-refractivity contribution is 0.613. The first kappa shape index (κ1) is 11.2. The van der Waals surface area contributed by atoms with Crippen LogP contribution in [0.4, 0.5) is 9.39 Å². The predicted octanol–water partition coefficient (Wildman–Crippen LogP) is 4.05. The first-order valence-electron chi connectivity index (χ1n) is 5.66. The minimum Gasteiger partial charge on any atom is -0.371 e. The second-order valence-electron chi connectivity index (χ2n) is 3.97. The quantitative estimate of drug-likeness (QED) is 0.766. The summed E-state index contributed by atoms with van der Waals surface area (Å²) in [5.74, 6) is -0.182. The van der Waals surface area contributed by atoms with Crippen LogP contribution in [-0.4, -0.2) is 4.37 Å². The molecular formula is C14H11FN2S. The summed E-state index contributed by atoms with van der Waals surface area (Å²) in [7, 11) is 0. The number of halogens is 1. The van der Waals surface area contributed by atoms with E-state index in [0.717, 1.165) is 15.9 Å². The van der Waals surface area contributed by atoms with Crippen LogP contribution in [0.5, 0.6) is 0 Å². The molecule has 0 radical (unpaired) electrons. The van der Waals surface area contributed by atoms with Crippen molar-refractivity contribution >= 4 is 27.4 Å². The van der Waals surface area contributed by atoms with Crippen LogP contribution >= 0.6 is 11.5 Å². The number of hydrogen-bond donors (Lipinski definition) is 1. The molecule has 18 heavy (non-hydrogen) atoms. The highest BCUT2D eigenvalue weighted by Crippen LogP contribution is 2.27. The smallest absolute Gasteiger partial charge is 0.128 e. The number of hydrogen-bond acceptors (Lipinski definition) is 3. The van der Waals surface area contributed by atoms with E-state index in [1.54, 1.807) is 12.1 Å². The van der Waals surface area contributed by atoms with Crippen molar-refractivity contribution in [2.75, 3.05) is 5.32 Å². The van der Waals surface area contributed by atoms with E-state index >= 15 is 0 Å². The summed E-state index contributed by atoms with van der Waals surface area (Å²) in [4.78, 5) is 0. The fourth-order valence-electron chi connectivity index (χ4n) is 1.83. The van der Waals surface area contributed by atoms with Gasteiger partial charge >= 0.3 is 0 Å². The highest BCUT2D eigenvalue weighted by Gasteiger charge is 2.06. The molecule has 0 aliphatic carbocycles. The number of nitrogens with zero attached hydrogens (tertiary/aromatic N) is 1. The highest BCUT2D eigenvalue weighted by atomic mass is 32.1. The minimum atomic E-state index is -0.182. The maximum absolute atomic E-state index is 13.5. The molecule has 0 aliphatic rings. The summed E-state index contributed by atoms with van der Waals surface area (Å²) in [6.07, 6.45) is 0. The van der Waals surface area contributed by atoms with Crippen molar-refractivity contribution in [2.45, 2.75) is 6.54 Å². The van der Waals surface area contributed by atoms with Gasteiger partial charge in [0, 0.05) is 17.5 Å². The minimum absolute atomic E-state index is 0.182. The molecule has 0 atom stereocenters. The van der Waals surface area contributed by atoms with Crippen LogP contribution in [0, 0.1) is 5.82 Å². The summed E-state index contributed by atoms with van der Waals surface area (Å²) in [6.45, 7) is 0.471. The number of benzene rings is 2. The van der Waals surface area contributed by atoms with Crippen molar-refractivity contribution in [3.8, 4) is 0 Å². The first-order valence-corrected chi connectivity index (χ1v) is 6.43. The van der Waals surface area contributed by atoms with E-state index in [1.807, 2.05) is 30.3 Å². The zero-order valence-corrected chi connectivity index (χ0v) is 10.4. The lowest BCUT2D eigenvalue weighted by Crippen LogP contribution is -2.00. The molecule has 0 amide bonds. The molecular weight excluding hydrogens is 247 g/mol. The number of aromatic nitrogens is 1. The molecule has 0 bridgehead atoms. The molecule has 4 heteroatoms. The Morgan fingerprint density at radius 3 is 2.72 bits per heavy atom.